The summed E-state index contributed by atoms with van der Waals surface area (Å²) in [7, 11) is 1.95. The molecule has 1 amide bonds. The van der Waals surface area contributed by atoms with E-state index >= 15 is 0 Å². The summed E-state index contributed by atoms with van der Waals surface area (Å²) < 4.78 is 0. The van der Waals surface area contributed by atoms with Crippen molar-refractivity contribution in [2.45, 2.75) is 19.3 Å². The number of nitrogens with one attached hydrogen (secondary N) is 1. The van der Waals surface area contributed by atoms with E-state index in [9.17, 15) is 4.79 Å². The molecule has 2 rings (SSSR count). The number of hydrogen-bond donors (Lipinski definition) is 1. The molecule has 0 aliphatic carbocycles. The molecule has 110 valence electrons. The first-order valence-corrected chi connectivity index (χ1v) is 7.72. The molecular formula is C15H20Cl2N2O. The molecule has 1 atom stereocenters. The SMILES string of the molecule is CNC[C@@H]1CCCN(C(=O)Cc2ccc(Cl)cc2Cl)C1. The standard InChI is InChI=1S/C15H20Cl2N2O/c1-18-9-11-3-2-6-19(10-11)15(20)7-12-4-5-13(16)8-14(12)17/h4-5,8,11,18H,2-3,6-7,9-10H2,1H3/t11-/m0/s1. The van der Waals surface area contributed by atoms with Crippen LogP contribution in [0, 0.1) is 5.92 Å². The molecule has 0 unspecified atom stereocenters. The van der Waals surface area contributed by atoms with Crippen LogP contribution in [-0.4, -0.2) is 37.5 Å². The summed E-state index contributed by atoms with van der Waals surface area (Å²) in [4.78, 5) is 14.3. The van der Waals surface area contributed by atoms with E-state index in [1.165, 1.54) is 6.42 Å². The molecule has 1 aliphatic heterocycles. The number of carbonyl (C=O) groups excluding carboxylic acids is 1. The molecule has 3 nitrogen and oxygen atoms in total. The Morgan fingerprint density at radius 2 is 2.25 bits per heavy atom. The summed E-state index contributed by atoms with van der Waals surface area (Å²) in [5, 5.41) is 4.35. The second kappa shape index (κ2) is 7.30. The van der Waals surface area contributed by atoms with Gasteiger partial charge in [0.1, 0.15) is 0 Å². The number of rotatable bonds is 4. The van der Waals surface area contributed by atoms with E-state index in [0.29, 0.717) is 22.4 Å². The molecule has 1 N–H and O–H groups in total. The van der Waals surface area contributed by atoms with E-state index in [1.54, 1.807) is 12.1 Å². The Morgan fingerprint density at radius 3 is 2.95 bits per heavy atom. The number of carbonyl (C=O) groups is 1. The van der Waals surface area contributed by atoms with Crippen LogP contribution in [0.25, 0.3) is 0 Å². The lowest BCUT2D eigenvalue weighted by Crippen LogP contribution is -2.43. The minimum Gasteiger partial charge on any atom is -0.342 e. The molecule has 0 bridgehead atoms. The number of nitrogens with zero attached hydrogens (tertiary/aromatic N) is 1. The van der Waals surface area contributed by atoms with Crippen molar-refractivity contribution in [3.05, 3.63) is 33.8 Å². The predicted octanol–water partition coefficient (Wildman–Crippen LogP) is 2.99. The lowest BCUT2D eigenvalue weighted by molar-refractivity contribution is -0.132. The molecule has 5 heteroatoms. The normalized spacial score (nSPS) is 19.1. The van der Waals surface area contributed by atoms with Crippen molar-refractivity contribution in [3.8, 4) is 0 Å². The van der Waals surface area contributed by atoms with Gasteiger partial charge in [0.15, 0.2) is 0 Å². The van der Waals surface area contributed by atoms with Crippen molar-refractivity contribution >= 4 is 29.1 Å². The quantitative estimate of drug-likeness (QED) is 0.926. The van der Waals surface area contributed by atoms with Gasteiger partial charge in [0.05, 0.1) is 6.42 Å². The maximum atomic E-state index is 12.4. The van der Waals surface area contributed by atoms with Gasteiger partial charge in [-0.05, 0) is 50.0 Å². The van der Waals surface area contributed by atoms with Gasteiger partial charge in [0.2, 0.25) is 5.91 Å². The number of amides is 1. The first-order chi connectivity index (χ1) is 9.60. The third-order valence-corrected chi connectivity index (χ3v) is 4.31. The third kappa shape index (κ3) is 4.11. The minimum atomic E-state index is 0.148. The van der Waals surface area contributed by atoms with Gasteiger partial charge >= 0.3 is 0 Å². The van der Waals surface area contributed by atoms with Gasteiger partial charge in [0.25, 0.3) is 0 Å². The van der Waals surface area contributed by atoms with Crippen molar-refractivity contribution < 1.29 is 4.79 Å². The Balaban J connectivity index is 1.97. The molecule has 1 aromatic carbocycles. The molecule has 1 aromatic rings. The topological polar surface area (TPSA) is 32.3 Å². The van der Waals surface area contributed by atoms with Crippen LogP contribution in [0.5, 0.6) is 0 Å². The van der Waals surface area contributed by atoms with Crippen LogP contribution in [0.3, 0.4) is 0 Å². The molecule has 0 radical (unpaired) electrons. The second-order valence-electron chi connectivity index (χ2n) is 5.32. The van der Waals surface area contributed by atoms with Crippen LogP contribution in [0.15, 0.2) is 18.2 Å². The zero-order valence-electron chi connectivity index (χ0n) is 11.7. The van der Waals surface area contributed by atoms with Gasteiger partial charge in [-0.15, -0.1) is 0 Å². The van der Waals surface area contributed by atoms with Gasteiger partial charge in [-0.1, -0.05) is 29.3 Å². The molecule has 0 saturated carbocycles. The van der Waals surface area contributed by atoms with E-state index in [4.69, 9.17) is 23.2 Å². The van der Waals surface area contributed by atoms with Gasteiger partial charge in [-0.25, -0.2) is 0 Å². The van der Waals surface area contributed by atoms with E-state index in [1.807, 2.05) is 18.0 Å². The fourth-order valence-electron chi connectivity index (χ4n) is 2.69. The van der Waals surface area contributed by atoms with Crippen LogP contribution in [0.2, 0.25) is 10.0 Å². The number of likely N-dealkylation sites (tertiary alicyclic amines) is 1. The molecule has 1 heterocycles. The zero-order valence-corrected chi connectivity index (χ0v) is 13.2. The Bertz CT molecular complexity index is 477. The van der Waals surface area contributed by atoms with Crippen LogP contribution in [0.4, 0.5) is 0 Å². The highest BCUT2D eigenvalue weighted by atomic mass is 35.5. The fraction of sp³-hybridized carbons (Fsp3) is 0.533. The molecule has 1 fully saturated rings. The molecule has 0 spiro atoms. The smallest absolute Gasteiger partial charge is 0.227 e. The van der Waals surface area contributed by atoms with Gasteiger partial charge in [0, 0.05) is 23.1 Å². The summed E-state index contributed by atoms with van der Waals surface area (Å²) in [5.74, 6) is 0.702. The second-order valence-corrected chi connectivity index (χ2v) is 6.16. The van der Waals surface area contributed by atoms with Crippen LogP contribution >= 0.6 is 23.2 Å². The molecule has 1 aliphatic rings. The van der Waals surface area contributed by atoms with Crippen molar-refractivity contribution in [1.82, 2.24) is 10.2 Å². The van der Waals surface area contributed by atoms with E-state index in [2.05, 4.69) is 5.32 Å². The van der Waals surface area contributed by atoms with Crippen molar-refractivity contribution in [2.24, 2.45) is 5.92 Å². The summed E-state index contributed by atoms with van der Waals surface area (Å²) >= 11 is 12.0. The maximum absolute atomic E-state index is 12.4. The summed E-state index contributed by atoms with van der Waals surface area (Å²) in [6, 6.07) is 5.29. The number of hydrogen-bond acceptors (Lipinski definition) is 2. The van der Waals surface area contributed by atoms with Gasteiger partial charge < -0.3 is 10.2 Å². The monoisotopic (exact) mass is 314 g/mol. The fourth-order valence-corrected chi connectivity index (χ4v) is 3.16. The van der Waals surface area contributed by atoms with Gasteiger partial charge in [-0.2, -0.15) is 0 Å². The van der Waals surface area contributed by atoms with Gasteiger partial charge in [-0.3, -0.25) is 4.79 Å². The Labute approximate surface area is 130 Å². The van der Waals surface area contributed by atoms with Crippen LogP contribution in [0.1, 0.15) is 18.4 Å². The Morgan fingerprint density at radius 1 is 1.45 bits per heavy atom. The minimum absolute atomic E-state index is 0.148. The summed E-state index contributed by atoms with van der Waals surface area (Å²) in [6.07, 6.45) is 2.61. The average Bonchev–Trinajstić information content (AvgIpc) is 2.42. The lowest BCUT2D eigenvalue weighted by atomic mass is 9.97. The molecule has 1 saturated heterocycles. The van der Waals surface area contributed by atoms with Crippen LogP contribution in [-0.2, 0) is 11.2 Å². The first kappa shape index (κ1) is 15.6. The van der Waals surface area contributed by atoms with E-state index in [-0.39, 0.29) is 5.91 Å². The van der Waals surface area contributed by atoms with Crippen LogP contribution < -0.4 is 5.32 Å². The molecule has 20 heavy (non-hydrogen) atoms. The highest BCUT2D eigenvalue weighted by molar-refractivity contribution is 6.35. The largest absolute Gasteiger partial charge is 0.342 e. The first-order valence-electron chi connectivity index (χ1n) is 6.96. The van der Waals surface area contributed by atoms with Crippen molar-refractivity contribution in [2.75, 3.05) is 26.7 Å². The Kier molecular flexibility index (Phi) is 5.70. The average molecular weight is 315 g/mol. The lowest BCUT2D eigenvalue weighted by Gasteiger charge is -2.33. The van der Waals surface area contributed by atoms with Crippen molar-refractivity contribution in [3.63, 3.8) is 0 Å². The zero-order chi connectivity index (χ0) is 14.5. The maximum Gasteiger partial charge on any atom is 0.227 e. The highest BCUT2D eigenvalue weighted by Gasteiger charge is 2.23. The van der Waals surface area contributed by atoms with E-state index in [0.717, 1.165) is 31.6 Å². The molecular weight excluding hydrogens is 295 g/mol. The number of halogens is 2. The molecule has 0 aromatic heterocycles. The number of benzene rings is 1. The van der Waals surface area contributed by atoms with Crippen molar-refractivity contribution in [1.29, 1.82) is 0 Å². The highest BCUT2D eigenvalue weighted by Crippen LogP contribution is 2.23. The number of piperidine rings is 1. The predicted molar refractivity (Wildman–Crippen MR) is 83.4 cm³/mol. The Hall–Kier alpha value is -0.770. The van der Waals surface area contributed by atoms with E-state index < -0.39 is 0 Å². The third-order valence-electron chi connectivity index (χ3n) is 3.72. The summed E-state index contributed by atoms with van der Waals surface area (Å²) in [6.45, 7) is 2.65. The summed E-state index contributed by atoms with van der Waals surface area (Å²) in [5.41, 5.74) is 0.844.